The van der Waals surface area contributed by atoms with Gasteiger partial charge in [0.15, 0.2) is 0 Å². The number of benzene rings is 2. The second-order valence-corrected chi connectivity index (χ2v) is 9.79. The third-order valence-electron chi connectivity index (χ3n) is 7.12. The highest BCUT2D eigenvalue weighted by Crippen LogP contribution is 2.10. The summed E-state index contributed by atoms with van der Waals surface area (Å²) in [5.41, 5.74) is 2.79. The van der Waals surface area contributed by atoms with Crippen LogP contribution in [0.15, 0.2) is 60.7 Å². The molecule has 3 aliphatic rings. The monoisotopic (exact) mass is 480 g/mol. The van der Waals surface area contributed by atoms with Gasteiger partial charge in [-0.1, -0.05) is 60.7 Å². The minimum absolute atomic E-state index is 0.798. The Hall–Kier alpha value is -1.80. The fourth-order valence-corrected chi connectivity index (χ4v) is 4.96. The maximum absolute atomic E-state index is 6.06. The highest BCUT2D eigenvalue weighted by molar-refractivity contribution is 5.15. The average molecular weight is 481 g/mol. The summed E-state index contributed by atoms with van der Waals surface area (Å²) < 4.78 is 12.1. The Balaban J connectivity index is 1.46. The number of fused-ring (bicyclic) bond motifs is 16. The summed E-state index contributed by atoms with van der Waals surface area (Å²) in [5, 5.41) is 0. The number of hydrogen-bond acceptors (Lipinski definition) is 6. The predicted octanol–water partition coefficient (Wildman–Crippen LogP) is 3.05. The van der Waals surface area contributed by atoms with E-state index in [9.17, 15) is 0 Å². The molecule has 5 rings (SSSR count). The van der Waals surface area contributed by atoms with E-state index in [1.807, 2.05) is 0 Å². The Morgan fingerprint density at radius 2 is 0.857 bits per heavy atom. The first-order valence-corrected chi connectivity index (χ1v) is 13.5. The van der Waals surface area contributed by atoms with E-state index in [1.54, 1.807) is 0 Å². The van der Waals surface area contributed by atoms with Crippen LogP contribution in [-0.4, -0.2) is 111 Å². The van der Waals surface area contributed by atoms with Gasteiger partial charge in [0, 0.05) is 65.4 Å². The van der Waals surface area contributed by atoms with Gasteiger partial charge >= 0.3 is 0 Å². The summed E-state index contributed by atoms with van der Waals surface area (Å²) in [6, 6.07) is 21.8. The Kier molecular flexibility index (Phi) is 11.5. The summed E-state index contributed by atoms with van der Waals surface area (Å²) in [4.78, 5) is 10.3. The standard InChI is InChI=1S/C29H44N4O2/c1-3-8-28(9-4-1)26-32-12-7-13-33(27-29-10-5-2-6-11-29)17-15-31-20-24-34-22-18-30(14-16-32)19-23-35-25-21-31/h1-6,8-11H,7,12-27H2. The van der Waals surface area contributed by atoms with Gasteiger partial charge < -0.3 is 9.47 Å². The molecule has 0 N–H and O–H groups in total. The molecule has 0 unspecified atom stereocenters. The minimum Gasteiger partial charge on any atom is -0.379 e. The van der Waals surface area contributed by atoms with E-state index in [2.05, 4.69) is 80.3 Å². The fraction of sp³-hybridized carbons (Fsp3) is 0.586. The molecule has 192 valence electrons. The average Bonchev–Trinajstić information content (AvgIpc) is 2.87. The van der Waals surface area contributed by atoms with Crippen LogP contribution >= 0.6 is 0 Å². The van der Waals surface area contributed by atoms with Crippen molar-refractivity contribution in [3.05, 3.63) is 71.8 Å². The second-order valence-electron chi connectivity index (χ2n) is 9.79. The Morgan fingerprint density at radius 1 is 0.457 bits per heavy atom. The first-order valence-electron chi connectivity index (χ1n) is 13.5. The molecule has 35 heavy (non-hydrogen) atoms. The van der Waals surface area contributed by atoms with Gasteiger partial charge in [0.2, 0.25) is 0 Å². The lowest BCUT2D eigenvalue weighted by atomic mass is 10.2. The van der Waals surface area contributed by atoms with Crippen LogP contribution in [0, 0.1) is 0 Å². The van der Waals surface area contributed by atoms with Crippen LogP contribution < -0.4 is 0 Å². The van der Waals surface area contributed by atoms with E-state index in [4.69, 9.17) is 9.47 Å². The molecule has 3 fully saturated rings. The molecule has 3 aliphatic heterocycles. The molecule has 0 atom stereocenters. The zero-order chi connectivity index (χ0) is 24.0. The topological polar surface area (TPSA) is 31.4 Å². The highest BCUT2D eigenvalue weighted by Gasteiger charge is 2.15. The molecule has 0 aromatic heterocycles. The summed E-state index contributed by atoms with van der Waals surface area (Å²) in [6.07, 6.45) is 1.19. The third-order valence-corrected chi connectivity index (χ3v) is 7.12. The van der Waals surface area contributed by atoms with Crippen LogP contribution in [0.5, 0.6) is 0 Å². The van der Waals surface area contributed by atoms with Gasteiger partial charge in [-0.25, -0.2) is 0 Å². The molecule has 2 aromatic rings. The molecule has 3 heterocycles. The maximum Gasteiger partial charge on any atom is 0.0594 e. The predicted molar refractivity (Wildman–Crippen MR) is 143 cm³/mol. The number of rotatable bonds is 4. The van der Waals surface area contributed by atoms with Crippen LogP contribution in [-0.2, 0) is 22.6 Å². The van der Waals surface area contributed by atoms with E-state index < -0.39 is 0 Å². The molecular formula is C29H44N4O2. The lowest BCUT2D eigenvalue weighted by molar-refractivity contribution is 0.0313. The van der Waals surface area contributed by atoms with Crippen molar-refractivity contribution in [1.82, 2.24) is 19.6 Å². The van der Waals surface area contributed by atoms with Crippen LogP contribution in [0.1, 0.15) is 17.5 Å². The van der Waals surface area contributed by atoms with Crippen LogP contribution in [0.25, 0.3) is 0 Å². The second kappa shape index (κ2) is 15.3. The lowest BCUT2D eigenvalue weighted by Crippen LogP contribution is -2.42. The van der Waals surface area contributed by atoms with E-state index in [1.165, 1.54) is 17.5 Å². The normalized spacial score (nSPS) is 24.9. The minimum atomic E-state index is 0.798. The summed E-state index contributed by atoms with van der Waals surface area (Å²) in [7, 11) is 0. The van der Waals surface area contributed by atoms with Crippen molar-refractivity contribution in [2.45, 2.75) is 19.5 Å². The number of ether oxygens (including phenoxy) is 2. The molecule has 0 aliphatic carbocycles. The molecule has 6 heteroatoms. The number of hydrogen-bond donors (Lipinski definition) is 0. The molecule has 2 bridgehead atoms. The molecule has 0 amide bonds. The quantitative estimate of drug-likeness (QED) is 0.669. The van der Waals surface area contributed by atoms with E-state index >= 15 is 0 Å². The number of nitrogens with zero attached hydrogens (tertiary/aromatic N) is 4. The fourth-order valence-electron chi connectivity index (χ4n) is 4.96. The van der Waals surface area contributed by atoms with Crippen molar-refractivity contribution in [2.75, 3.05) is 91.9 Å². The van der Waals surface area contributed by atoms with E-state index in [0.717, 1.165) is 105 Å². The lowest BCUT2D eigenvalue weighted by Gasteiger charge is -2.32. The van der Waals surface area contributed by atoms with Crippen molar-refractivity contribution in [3.63, 3.8) is 0 Å². The molecule has 0 spiro atoms. The molecule has 2 aromatic carbocycles. The van der Waals surface area contributed by atoms with Crippen molar-refractivity contribution in [3.8, 4) is 0 Å². The van der Waals surface area contributed by atoms with Crippen LogP contribution in [0.2, 0.25) is 0 Å². The molecular weight excluding hydrogens is 436 g/mol. The maximum atomic E-state index is 6.06. The molecule has 0 radical (unpaired) electrons. The van der Waals surface area contributed by atoms with Crippen molar-refractivity contribution in [2.24, 2.45) is 0 Å². The first-order chi connectivity index (χ1) is 17.3. The molecule has 0 saturated carbocycles. The zero-order valence-electron chi connectivity index (χ0n) is 21.4. The Morgan fingerprint density at radius 3 is 1.26 bits per heavy atom. The molecule has 6 nitrogen and oxygen atoms in total. The van der Waals surface area contributed by atoms with Crippen molar-refractivity contribution < 1.29 is 9.47 Å². The Bertz CT molecular complexity index is 727. The van der Waals surface area contributed by atoms with Gasteiger partial charge in [-0.2, -0.15) is 0 Å². The highest BCUT2D eigenvalue weighted by atomic mass is 16.5. The summed E-state index contributed by atoms with van der Waals surface area (Å²) in [6.45, 7) is 15.6. The van der Waals surface area contributed by atoms with E-state index in [-0.39, 0.29) is 0 Å². The largest absolute Gasteiger partial charge is 0.379 e. The van der Waals surface area contributed by atoms with Crippen molar-refractivity contribution >= 4 is 0 Å². The van der Waals surface area contributed by atoms with Gasteiger partial charge in [-0.05, 0) is 30.6 Å². The first kappa shape index (κ1) is 26.3. The van der Waals surface area contributed by atoms with Gasteiger partial charge in [0.25, 0.3) is 0 Å². The van der Waals surface area contributed by atoms with Gasteiger partial charge in [0.05, 0.1) is 26.4 Å². The zero-order valence-corrected chi connectivity index (χ0v) is 21.4. The molecule has 3 saturated heterocycles. The van der Waals surface area contributed by atoms with Crippen molar-refractivity contribution in [1.29, 1.82) is 0 Å². The van der Waals surface area contributed by atoms with Crippen LogP contribution in [0.3, 0.4) is 0 Å². The summed E-state index contributed by atoms with van der Waals surface area (Å²) in [5.74, 6) is 0. The van der Waals surface area contributed by atoms with Gasteiger partial charge in [-0.15, -0.1) is 0 Å². The Labute approximate surface area is 212 Å². The summed E-state index contributed by atoms with van der Waals surface area (Å²) >= 11 is 0. The third kappa shape index (κ3) is 10.00. The van der Waals surface area contributed by atoms with E-state index in [0.29, 0.717) is 0 Å². The van der Waals surface area contributed by atoms with Crippen LogP contribution in [0.4, 0.5) is 0 Å². The smallest absolute Gasteiger partial charge is 0.0594 e. The SMILES string of the molecule is c1ccc(CN2CCCN(Cc3ccccc3)CCN3CCOCCN(CCOCC3)CC2)cc1. The van der Waals surface area contributed by atoms with Gasteiger partial charge in [0.1, 0.15) is 0 Å². The van der Waals surface area contributed by atoms with Gasteiger partial charge in [-0.3, -0.25) is 19.6 Å².